The fraction of sp³-hybridized carbons (Fsp3) is 0.176. The van der Waals surface area contributed by atoms with E-state index in [-0.39, 0.29) is 18.1 Å². The van der Waals surface area contributed by atoms with Crippen LogP contribution in [-0.4, -0.2) is 11.0 Å². The number of carbonyl (C=O) groups excluding carboxylic acids is 1. The monoisotopic (exact) mass is 331 g/mol. The number of hydrogen-bond donors (Lipinski definition) is 3. The maximum Gasteiger partial charge on any atom is 0.242 e. The van der Waals surface area contributed by atoms with E-state index in [1.165, 1.54) is 17.7 Å². The molecule has 120 valence electrons. The number of nitrogens with one attached hydrogen (secondary N) is 3. The van der Waals surface area contributed by atoms with Gasteiger partial charge >= 0.3 is 0 Å². The molecule has 2 aromatic carbocycles. The molecule has 6 heteroatoms. The van der Waals surface area contributed by atoms with Crippen molar-refractivity contribution in [2.45, 2.75) is 19.8 Å². The van der Waals surface area contributed by atoms with Gasteiger partial charge in [0.25, 0.3) is 0 Å². The number of rotatable bonds is 4. The van der Waals surface area contributed by atoms with E-state index in [1.807, 2.05) is 24.3 Å². The van der Waals surface area contributed by atoms with Gasteiger partial charge in [0.1, 0.15) is 5.82 Å². The highest BCUT2D eigenvalue weighted by molar-refractivity contribution is 7.80. The Morgan fingerprint density at radius 2 is 1.83 bits per heavy atom. The lowest BCUT2D eigenvalue weighted by atomic mass is 10.1. The molecule has 0 bridgehead atoms. The Hall–Kier alpha value is -2.47. The Kier molecular flexibility index (Phi) is 6.05. The molecular weight excluding hydrogens is 313 g/mol. The summed E-state index contributed by atoms with van der Waals surface area (Å²) >= 11 is 5.13. The SMILES string of the molecule is CCc1cccc(NC(=S)NNC(=O)Cc2ccc(F)cc2)c1. The predicted molar refractivity (Wildman–Crippen MR) is 93.4 cm³/mol. The van der Waals surface area contributed by atoms with Crippen LogP contribution in [-0.2, 0) is 17.6 Å². The predicted octanol–water partition coefficient (Wildman–Crippen LogP) is 2.95. The van der Waals surface area contributed by atoms with Gasteiger partial charge in [0, 0.05) is 5.69 Å². The summed E-state index contributed by atoms with van der Waals surface area (Å²) in [4.78, 5) is 11.8. The van der Waals surface area contributed by atoms with Crippen molar-refractivity contribution in [3.63, 3.8) is 0 Å². The van der Waals surface area contributed by atoms with Gasteiger partial charge in [0.05, 0.1) is 6.42 Å². The maximum absolute atomic E-state index is 12.8. The van der Waals surface area contributed by atoms with Gasteiger partial charge in [0.2, 0.25) is 5.91 Å². The van der Waals surface area contributed by atoms with Gasteiger partial charge in [-0.15, -0.1) is 0 Å². The van der Waals surface area contributed by atoms with E-state index in [0.29, 0.717) is 5.11 Å². The van der Waals surface area contributed by atoms with Crippen LogP contribution >= 0.6 is 12.2 Å². The Morgan fingerprint density at radius 1 is 1.09 bits per heavy atom. The molecule has 0 aliphatic heterocycles. The molecule has 0 saturated heterocycles. The third-order valence-corrected chi connectivity index (χ3v) is 3.39. The van der Waals surface area contributed by atoms with Gasteiger partial charge in [-0.25, -0.2) is 4.39 Å². The standard InChI is InChI=1S/C17H18FN3OS/c1-2-12-4-3-5-15(10-12)19-17(23)21-20-16(22)11-13-6-8-14(18)9-7-13/h3-10H,2,11H2,1H3,(H,20,22)(H2,19,21,23). The largest absolute Gasteiger partial charge is 0.331 e. The summed E-state index contributed by atoms with van der Waals surface area (Å²) in [5, 5.41) is 3.30. The molecular formula is C17H18FN3OS. The number of carbonyl (C=O) groups is 1. The molecule has 0 aliphatic rings. The molecule has 0 atom stereocenters. The molecule has 0 heterocycles. The van der Waals surface area contributed by atoms with Gasteiger partial charge in [-0.3, -0.25) is 15.6 Å². The summed E-state index contributed by atoms with van der Waals surface area (Å²) in [6, 6.07) is 13.7. The first-order valence-electron chi connectivity index (χ1n) is 7.26. The van der Waals surface area contributed by atoms with E-state index >= 15 is 0 Å². The highest BCUT2D eigenvalue weighted by atomic mass is 32.1. The molecule has 4 nitrogen and oxygen atoms in total. The van der Waals surface area contributed by atoms with Crippen LogP contribution in [0.3, 0.4) is 0 Å². The van der Waals surface area contributed by atoms with Crippen molar-refractivity contribution in [3.05, 3.63) is 65.5 Å². The highest BCUT2D eigenvalue weighted by Gasteiger charge is 2.04. The zero-order chi connectivity index (χ0) is 16.7. The molecule has 0 spiro atoms. The Morgan fingerprint density at radius 3 is 2.52 bits per heavy atom. The Labute approximate surface area is 140 Å². The van der Waals surface area contributed by atoms with E-state index in [2.05, 4.69) is 23.1 Å². The van der Waals surface area contributed by atoms with Crippen LogP contribution in [0.5, 0.6) is 0 Å². The smallest absolute Gasteiger partial charge is 0.242 e. The van der Waals surface area contributed by atoms with E-state index in [9.17, 15) is 9.18 Å². The number of aryl methyl sites for hydroxylation is 1. The first-order chi connectivity index (χ1) is 11.1. The summed E-state index contributed by atoms with van der Waals surface area (Å²) in [6.45, 7) is 2.07. The quantitative estimate of drug-likeness (QED) is 0.596. The molecule has 3 N–H and O–H groups in total. The summed E-state index contributed by atoms with van der Waals surface area (Å²) in [7, 11) is 0. The third kappa shape index (κ3) is 5.67. The number of halogens is 1. The minimum absolute atomic E-state index is 0.140. The molecule has 1 amide bonds. The van der Waals surface area contributed by atoms with Crippen LogP contribution in [0.15, 0.2) is 48.5 Å². The summed E-state index contributed by atoms with van der Waals surface area (Å²) < 4.78 is 12.8. The van der Waals surface area contributed by atoms with Crippen molar-refractivity contribution in [1.82, 2.24) is 10.9 Å². The van der Waals surface area contributed by atoms with Crippen molar-refractivity contribution < 1.29 is 9.18 Å². The number of hydrogen-bond acceptors (Lipinski definition) is 2. The average molecular weight is 331 g/mol. The summed E-state index contributed by atoms with van der Waals surface area (Å²) in [5.74, 6) is -0.588. The maximum atomic E-state index is 12.8. The first kappa shape index (κ1) is 16.9. The lowest BCUT2D eigenvalue weighted by Gasteiger charge is -2.12. The normalized spacial score (nSPS) is 10.0. The molecule has 2 aromatic rings. The molecule has 0 aromatic heterocycles. The van der Waals surface area contributed by atoms with Crippen LogP contribution in [0, 0.1) is 5.82 Å². The van der Waals surface area contributed by atoms with Gasteiger partial charge in [0.15, 0.2) is 5.11 Å². The average Bonchev–Trinajstić information content (AvgIpc) is 2.55. The second-order valence-corrected chi connectivity index (χ2v) is 5.39. The van der Waals surface area contributed by atoms with Gasteiger partial charge in [-0.05, 0) is 54.0 Å². The highest BCUT2D eigenvalue weighted by Crippen LogP contribution is 2.10. The zero-order valence-corrected chi connectivity index (χ0v) is 13.5. The first-order valence-corrected chi connectivity index (χ1v) is 7.67. The van der Waals surface area contributed by atoms with E-state index in [1.54, 1.807) is 12.1 Å². The minimum Gasteiger partial charge on any atom is -0.331 e. The van der Waals surface area contributed by atoms with Crippen molar-refractivity contribution in [2.24, 2.45) is 0 Å². The lowest BCUT2D eigenvalue weighted by Crippen LogP contribution is -2.44. The van der Waals surface area contributed by atoms with Crippen LogP contribution in [0.25, 0.3) is 0 Å². The topological polar surface area (TPSA) is 53.2 Å². The van der Waals surface area contributed by atoms with Crippen LogP contribution < -0.4 is 16.2 Å². The van der Waals surface area contributed by atoms with Gasteiger partial charge < -0.3 is 5.32 Å². The zero-order valence-electron chi connectivity index (χ0n) is 12.7. The Bertz CT molecular complexity index is 688. The van der Waals surface area contributed by atoms with Crippen molar-refractivity contribution in [3.8, 4) is 0 Å². The van der Waals surface area contributed by atoms with Crippen molar-refractivity contribution in [2.75, 3.05) is 5.32 Å². The molecule has 0 radical (unpaired) electrons. The fourth-order valence-corrected chi connectivity index (χ4v) is 2.16. The number of benzene rings is 2. The van der Waals surface area contributed by atoms with Crippen LogP contribution in [0.1, 0.15) is 18.1 Å². The second-order valence-electron chi connectivity index (χ2n) is 4.98. The minimum atomic E-state index is -0.327. The van der Waals surface area contributed by atoms with E-state index in [0.717, 1.165) is 17.7 Å². The molecule has 0 saturated carbocycles. The van der Waals surface area contributed by atoms with Crippen molar-refractivity contribution >= 4 is 28.9 Å². The molecule has 0 unspecified atom stereocenters. The second kappa shape index (κ2) is 8.24. The lowest BCUT2D eigenvalue weighted by molar-refractivity contribution is -0.120. The number of thiocarbonyl (C=S) groups is 1. The Balaban J connectivity index is 1.79. The number of amides is 1. The molecule has 0 fully saturated rings. The molecule has 2 rings (SSSR count). The fourth-order valence-electron chi connectivity index (χ4n) is 1.99. The summed E-state index contributed by atoms with van der Waals surface area (Å²) in [6.07, 6.45) is 1.07. The molecule has 0 aliphatic carbocycles. The van der Waals surface area contributed by atoms with Gasteiger partial charge in [-0.2, -0.15) is 0 Å². The van der Waals surface area contributed by atoms with E-state index in [4.69, 9.17) is 12.2 Å². The van der Waals surface area contributed by atoms with Crippen molar-refractivity contribution in [1.29, 1.82) is 0 Å². The number of anilines is 1. The van der Waals surface area contributed by atoms with Crippen LogP contribution in [0.4, 0.5) is 10.1 Å². The third-order valence-electron chi connectivity index (χ3n) is 3.19. The number of hydrazine groups is 1. The molecule has 23 heavy (non-hydrogen) atoms. The van der Waals surface area contributed by atoms with Gasteiger partial charge in [-0.1, -0.05) is 31.2 Å². The van der Waals surface area contributed by atoms with E-state index < -0.39 is 0 Å². The summed E-state index contributed by atoms with van der Waals surface area (Å²) in [5.41, 5.74) is 7.93. The van der Waals surface area contributed by atoms with Crippen LogP contribution in [0.2, 0.25) is 0 Å².